The number of hydrogen-bond acceptors (Lipinski definition) is 3. The molecule has 1 aromatic carbocycles. The van der Waals surface area contributed by atoms with Gasteiger partial charge in [-0.2, -0.15) is 0 Å². The second-order valence-corrected chi connectivity index (χ2v) is 4.00. The molecule has 7 heteroatoms. The lowest BCUT2D eigenvalue weighted by atomic mass is 10.2. The number of benzene rings is 1. The van der Waals surface area contributed by atoms with Crippen LogP contribution < -0.4 is 15.8 Å². The molecule has 0 saturated carbocycles. The maximum Gasteiger partial charge on any atom is 0.261 e. The number of rotatable bonds is 4. The Morgan fingerprint density at radius 1 is 1.53 bits per heavy atom. The molecule has 1 aromatic rings. The summed E-state index contributed by atoms with van der Waals surface area (Å²) < 4.78 is 5.08. The van der Waals surface area contributed by atoms with Crippen LogP contribution in [0, 0.1) is 0 Å². The molecule has 0 heterocycles. The number of nitrogens with zero attached hydrogens (tertiary/aromatic N) is 1. The van der Waals surface area contributed by atoms with Gasteiger partial charge in [-0.1, -0.05) is 18.5 Å². The Balaban J connectivity index is 0.00000324. The van der Waals surface area contributed by atoms with Gasteiger partial charge in [-0.15, -0.1) is 12.4 Å². The number of hydrogen-bond donors (Lipinski definition) is 2. The van der Waals surface area contributed by atoms with Gasteiger partial charge in [-0.05, 0) is 24.6 Å². The minimum Gasteiger partial charge on any atom is -0.496 e. The van der Waals surface area contributed by atoms with Crippen LogP contribution in [-0.2, 0) is 0 Å². The van der Waals surface area contributed by atoms with Crippen molar-refractivity contribution in [1.29, 1.82) is 0 Å². The Hall–Kier alpha value is -1.46. The van der Waals surface area contributed by atoms with E-state index in [1.165, 1.54) is 13.2 Å². The third kappa shape index (κ3) is 5.36. The zero-order valence-electron chi connectivity index (χ0n) is 10.8. The zero-order chi connectivity index (χ0) is 13.5. The number of aliphatic imine (C=N–C) groups is 1. The Kier molecular flexibility index (Phi) is 7.95. The highest BCUT2D eigenvalue weighted by Gasteiger charge is 2.13. The summed E-state index contributed by atoms with van der Waals surface area (Å²) in [5.41, 5.74) is 5.89. The minimum atomic E-state index is -0.397. The Bertz CT molecular complexity index is 464. The molecule has 0 unspecified atom stereocenters. The minimum absolute atomic E-state index is 0. The summed E-state index contributed by atoms with van der Waals surface area (Å²) >= 11 is 5.84. The van der Waals surface area contributed by atoms with Gasteiger partial charge < -0.3 is 10.5 Å². The molecule has 1 amide bonds. The van der Waals surface area contributed by atoms with Crippen LogP contribution in [-0.4, -0.2) is 25.5 Å². The predicted molar refractivity (Wildman–Crippen MR) is 79.5 cm³/mol. The highest BCUT2D eigenvalue weighted by molar-refractivity contribution is 6.31. The number of halogens is 2. The van der Waals surface area contributed by atoms with Gasteiger partial charge in [0.25, 0.3) is 5.91 Å². The summed E-state index contributed by atoms with van der Waals surface area (Å²) in [5.74, 6) is 0.121. The molecule has 0 aliphatic rings. The average Bonchev–Trinajstić information content (AvgIpc) is 2.36. The van der Waals surface area contributed by atoms with Gasteiger partial charge in [0, 0.05) is 11.6 Å². The maximum absolute atomic E-state index is 11.9. The lowest BCUT2D eigenvalue weighted by molar-refractivity contribution is 0.0973. The zero-order valence-corrected chi connectivity index (χ0v) is 12.3. The third-order valence-electron chi connectivity index (χ3n) is 2.15. The predicted octanol–water partition coefficient (Wildman–Crippen LogP) is 2.22. The van der Waals surface area contributed by atoms with E-state index in [1.54, 1.807) is 12.1 Å². The fraction of sp³-hybridized carbons (Fsp3) is 0.333. The van der Waals surface area contributed by atoms with Crippen LogP contribution in [0.2, 0.25) is 5.02 Å². The highest BCUT2D eigenvalue weighted by Crippen LogP contribution is 2.22. The molecule has 0 aliphatic carbocycles. The average molecular weight is 306 g/mol. The SMILES string of the molecule is CCCN=C(N)NC(=O)c1cc(Cl)ccc1OC.Cl. The lowest BCUT2D eigenvalue weighted by Crippen LogP contribution is -2.37. The standard InChI is InChI=1S/C12H16ClN3O2.ClH/c1-3-6-15-12(14)16-11(17)9-7-8(13)4-5-10(9)18-2;/h4-5,7H,3,6H2,1-2H3,(H3,14,15,16,17);1H. The van der Waals surface area contributed by atoms with Crippen LogP contribution in [0.4, 0.5) is 0 Å². The first-order valence-corrected chi connectivity index (χ1v) is 5.91. The molecule has 3 N–H and O–H groups in total. The van der Waals surface area contributed by atoms with Crippen LogP contribution in [0.15, 0.2) is 23.2 Å². The first-order chi connectivity index (χ1) is 8.58. The van der Waals surface area contributed by atoms with Crippen molar-refractivity contribution in [1.82, 2.24) is 5.32 Å². The fourth-order valence-corrected chi connectivity index (χ4v) is 1.49. The number of nitrogens with two attached hydrogens (primary N) is 1. The van der Waals surface area contributed by atoms with Crippen molar-refractivity contribution in [3.8, 4) is 5.75 Å². The van der Waals surface area contributed by atoms with Gasteiger partial charge in [-0.3, -0.25) is 15.1 Å². The van der Waals surface area contributed by atoms with E-state index in [-0.39, 0.29) is 18.4 Å². The Labute approximate surface area is 123 Å². The van der Waals surface area contributed by atoms with E-state index in [4.69, 9.17) is 22.1 Å². The van der Waals surface area contributed by atoms with Crippen molar-refractivity contribution >= 4 is 35.9 Å². The molecule has 1 rings (SSSR count). The first kappa shape index (κ1) is 17.5. The monoisotopic (exact) mass is 305 g/mol. The molecule has 0 aliphatic heterocycles. The molecule has 0 atom stereocenters. The topological polar surface area (TPSA) is 76.7 Å². The molecule has 19 heavy (non-hydrogen) atoms. The van der Waals surface area contributed by atoms with Crippen molar-refractivity contribution in [3.63, 3.8) is 0 Å². The van der Waals surface area contributed by atoms with E-state index >= 15 is 0 Å². The molecular formula is C12H17Cl2N3O2. The van der Waals surface area contributed by atoms with Crippen molar-refractivity contribution in [3.05, 3.63) is 28.8 Å². The van der Waals surface area contributed by atoms with Gasteiger partial charge in [0.2, 0.25) is 0 Å². The van der Waals surface area contributed by atoms with E-state index in [1.807, 2.05) is 6.92 Å². The van der Waals surface area contributed by atoms with Crippen LogP contribution in [0.5, 0.6) is 5.75 Å². The number of carbonyl (C=O) groups excluding carboxylic acids is 1. The number of carbonyl (C=O) groups is 1. The largest absolute Gasteiger partial charge is 0.496 e. The smallest absolute Gasteiger partial charge is 0.261 e. The second kappa shape index (κ2) is 8.61. The van der Waals surface area contributed by atoms with Crippen LogP contribution in [0.1, 0.15) is 23.7 Å². The number of nitrogens with one attached hydrogen (secondary N) is 1. The van der Waals surface area contributed by atoms with Gasteiger partial charge >= 0.3 is 0 Å². The molecule has 0 radical (unpaired) electrons. The number of amides is 1. The summed E-state index contributed by atoms with van der Waals surface area (Å²) in [5, 5.41) is 2.93. The summed E-state index contributed by atoms with van der Waals surface area (Å²) in [4.78, 5) is 15.9. The van der Waals surface area contributed by atoms with Crippen molar-refractivity contribution in [2.24, 2.45) is 10.7 Å². The van der Waals surface area contributed by atoms with Gasteiger partial charge in [0.05, 0.1) is 12.7 Å². The quantitative estimate of drug-likeness (QED) is 0.661. The second-order valence-electron chi connectivity index (χ2n) is 3.57. The van der Waals surface area contributed by atoms with Gasteiger partial charge in [0.15, 0.2) is 5.96 Å². The van der Waals surface area contributed by atoms with Crippen LogP contribution in [0.3, 0.4) is 0 Å². The lowest BCUT2D eigenvalue weighted by Gasteiger charge is -2.09. The molecule has 0 saturated heterocycles. The summed E-state index contributed by atoms with van der Waals surface area (Å²) in [6.07, 6.45) is 0.858. The Morgan fingerprint density at radius 2 is 2.21 bits per heavy atom. The van der Waals surface area contributed by atoms with E-state index in [2.05, 4.69) is 10.3 Å². The number of guanidine groups is 1. The number of methoxy groups -OCH3 is 1. The molecule has 0 aromatic heterocycles. The molecule has 5 nitrogen and oxygen atoms in total. The van der Waals surface area contributed by atoms with E-state index in [0.29, 0.717) is 22.9 Å². The maximum atomic E-state index is 11.9. The normalized spacial score (nSPS) is 10.6. The van der Waals surface area contributed by atoms with E-state index in [0.717, 1.165) is 6.42 Å². The van der Waals surface area contributed by atoms with Gasteiger partial charge in [-0.25, -0.2) is 0 Å². The molecule has 0 bridgehead atoms. The van der Waals surface area contributed by atoms with E-state index in [9.17, 15) is 4.79 Å². The fourth-order valence-electron chi connectivity index (χ4n) is 1.31. The highest BCUT2D eigenvalue weighted by atomic mass is 35.5. The van der Waals surface area contributed by atoms with Gasteiger partial charge in [0.1, 0.15) is 5.75 Å². The van der Waals surface area contributed by atoms with Crippen LogP contribution in [0.25, 0.3) is 0 Å². The summed E-state index contributed by atoms with van der Waals surface area (Å²) in [6, 6.07) is 4.78. The molecule has 0 spiro atoms. The molecular weight excluding hydrogens is 289 g/mol. The van der Waals surface area contributed by atoms with E-state index < -0.39 is 5.91 Å². The van der Waals surface area contributed by atoms with Crippen molar-refractivity contribution in [2.45, 2.75) is 13.3 Å². The molecule has 0 fully saturated rings. The Morgan fingerprint density at radius 3 is 2.79 bits per heavy atom. The summed E-state index contributed by atoms with van der Waals surface area (Å²) in [7, 11) is 1.48. The molecule has 106 valence electrons. The number of ether oxygens (including phenoxy) is 1. The van der Waals surface area contributed by atoms with Crippen LogP contribution >= 0.6 is 24.0 Å². The van der Waals surface area contributed by atoms with Crippen molar-refractivity contribution in [2.75, 3.05) is 13.7 Å². The third-order valence-corrected chi connectivity index (χ3v) is 2.39. The summed E-state index contributed by atoms with van der Waals surface area (Å²) in [6.45, 7) is 2.54. The van der Waals surface area contributed by atoms with Crippen molar-refractivity contribution < 1.29 is 9.53 Å². The first-order valence-electron chi connectivity index (χ1n) is 5.53.